The van der Waals surface area contributed by atoms with E-state index >= 15 is 0 Å². The van der Waals surface area contributed by atoms with Crippen molar-refractivity contribution in [3.05, 3.63) is 10.6 Å². The standard InChI is InChI=1S/C7H12N2O3S/c1-5(2)12-4-6-3-9-13(10,11)7(6)8/h3,5H,4,8H2,1-2H3. The fourth-order valence-corrected chi connectivity index (χ4v) is 1.61. The zero-order chi connectivity index (χ0) is 10.1. The van der Waals surface area contributed by atoms with Crippen LogP contribution in [0, 0.1) is 0 Å². The van der Waals surface area contributed by atoms with Crippen LogP contribution in [-0.4, -0.2) is 27.3 Å². The SMILES string of the molecule is CC(C)OCC1=C(N)S(=O)(=O)N=C1. The first-order valence-electron chi connectivity index (χ1n) is 3.84. The minimum atomic E-state index is -3.58. The molecular weight excluding hydrogens is 192 g/mol. The van der Waals surface area contributed by atoms with Crippen molar-refractivity contribution in [2.75, 3.05) is 6.61 Å². The van der Waals surface area contributed by atoms with E-state index in [0.717, 1.165) is 0 Å². The van der Waals surface area contributed by atoms with Crippen molar-refractivity contribution in [2.45, 2.75) is 20.0 Å². The number of hydrogen-bond donors (Lipinski definition) is 1. The lowest BCUT2D eigenvalue weighted by molar-refractivity contribution is 0.0999. The minimum absolute atomic E-state index is 0.0389. The fraction of sp³-hybridized carbons (Fsp3) is 0.571. The minimum Gasteiger partial charge on any atom is -0.388 e. The maximum atomic E-state index is 11.0. The van der Waals surface area contributed by atoms with Crippen LogP contribution in [0.5, 0.6) is 0 Å². The first kappa shape index (κ1) is 10.2. The van der Waals surface area contributed by atoms with E-state index < -0.39 is 10.0 Å². The Hall–Kier alpha value is -0.880. The first-order valence-corrected chi connectivity index (χ1v) is 5.28. The molecule has 6 heteroatoms. The Morgan fingerprint density at radius 1 is 1.62 bits per heavy atom. The molecular formula is C7H12N2O3S. The van der Waals surface area contributed by atoms with E-state index in [4.69, 9.17) is 10.5 Å². The second-order valence-corrected chi connectivity index (χ2v) is 4.56. The van der Waals surface area contributed by atoms with Gasteiger partial charge >= 0.3 is 0 Å². The monoisotopic (exact) mass is 204 g/mol. The third-order valence-electron chi connectivity index (χ3n) is 1.51. The molecule has 0 aliphatic carbocycles. The second kappa shape index (κ2) is 3.47. The molecule has 0 amide bonds. The molecule has 5 nitrogen and oxygen atoms in total. The molecule has 0 bridgehead atoms. The van der Waals surface area contributed by atoms with Gasteiger partial charge in [-0.1, -0.05) is 0 Å². The molecule has 0 atom stereocenters. The molecule has 0 aromatic carbocycles. The molecule has 0 radical (unpaired) electrons. The molecule has 0 spiro atoms. The van der Waals surface area contributed by atoms with Crippen LogP contribution >= 0.6 is 0 Å². The highest BCUT2D eigenvalue weighted by Crippen LogP contribution is 2.15. The van der Waals surface area contributed by atoms with Gasteiger partial charge in [-0.2, -0.15) is 12.8 Å². The lowest BCUT2D eigenvalue weighted by Crippen LogP contribution is -2.12. The summed E-state index contributed by atoms with van der Waals surface area (Å²) >= 11 is 0. The molecule has 0 unspecified atom stereocenters. The van der Waals surface area contributed by atoms with E-state index in [1.165, 1.54) is 6.21 Å². The molecule has 1 aliphatic rings. The molecule has 2 N–H and O–H groups in total. The molecule has 0 saturated carbocycles. The Morgan fingerprint density at radius 3 is 2.62 bits per heavy atom. The smallest absolute Gasteiger partial charge is 0.297 e. The van der Waals surface area contributed by atoms with Crippen molar-refractivity contribution in [3.63, 3.8) is 0 Å². The maximum absolute atomic E-state index is 11.0. The van der Waals surface area contributed by atoms with Crippen molar-refractivity contribution in [2.24, 2.45) is 10.1 Å². The lowest BCUT2D eigenvalue weighted by atomic mass is 10.3. The van der Waals surface area contributed by atoms with Gasteiger partial charge in [-0.05, 0) is 13.8 Å². The van der Waals surface area contributed by atoms with Gasteiger partial charge in [0.25, 0.3) is 10.0 Å². The van der Waals surface area contributed by atoms with Crippen LogP contribution in [0.25, 0.3) is 0 Å². The largest absolute Gasteiger partial charge is 0.388 e. The second-order valence-electron chi connectivity index (χ2n) is 2.96. The highest BCUT2D eigenvalue weighted by atomic mass is 32.2. The summed E-state index contributed by atoms with van der Waals surface area (Å²) in [5.74, 6) is 0. The molecule has 0 fully saturated rings. The zero-order valence-electron chi connectivity index (χ0n) is 7.52. The summed E-state index contributed by atoms with van der Waals surface area (Å²) in [4.78, 5) is 0. The van der Waals surface area contributed by atoms with E-state index in [2.05, 4.69) is 4.40 Å². The molecule has 0 aromatic heterocycles. The van der Waals surface area contributed by atoms with Crippen molar-refractivity contribution >= 4 is 16.2 Å². The van der Waals surface area contributed by atoms with Crippen LogP contribution in [0.2, 0.25) is 0 Å². The van der Waals surface area contributed by atoms with Gasteiger partial charge in [-0.3, -0.25) is 0 Å². The number of sulfonamides is 1. The number of rotatable bonds is 3. The van der Waals surface area contributed by atoms with Gasteiger partial charge in [-0.15, -0.1) is 0 Å². The Balaban J connectivity index is 2.73. The number of nitrogens with two attached hydrogens (primary N) is 1. The van der Waals surface area contributed by atoms with Gasteiger partial charge < -0.3 is 10.5 Å². The summed E-state index contributed by atoms with van der Waals surface area (Å²) in [6.45, 7) is 3.90. The van der Waals surface area contributed by atoms with Crippen molar-refractivity contribution < 1.29 is 13.2 Å². The van der Waals surface area contributed by atoms with Crippen LogP contribution in [0.15, 0.2) is 15.0 Å². The third kappa shape index (κ3) is 2.28. The van der Waals surface area contributed by atoms with Crippen LogP contribution in [0.3, 0.4) is 0 Å². The number of hydrogen-bond acceptors (Lipinski definition) is 4. The number of nitrogens with zero attached hydrogens (tertiary/aromatic N) is 1. The summed E-state index contributed by atoms with van der Waals surface area (Å²) in [6, 6.07) is 0. The normalized spacial score (nSPS) is 20.2. The molecule has 74 valence electrons. The quantitative estimate of drug-likeness (QED) is 0.701. The Bertz CT molecular complexity index is 354. The van der Waals surface area contributed by atoms with Gasteiger partial charge in [0.1, 0.15) is 0 Å². The summed E-state index contributed by atoms with van der Waals surface area (Å²) in [6.07, 6.45) is 1.27. The summed E-state index contributed by atoms with van der Waals surface area (Å²) < 4.78 is 30.4. The predicted molar refractivity (Wildman–Crippen MR) is 49.7 cm³/mol. The predicted octanol–water partition coefficient (Wildman–Crippen LogP) is -0.00410. The van der Waals surface area contributed by atoms with Gasteiger partial charge in [0.2, 0.25) is 0 Å². The van der Waals surface area contributed by atoms with Crippen LogP contribution < -0.4 is 5.73 Å². The van der Waals surface area contributed by atoms with Crippen LogP contribution in [0.4, 0.5) is 0 Å². The van der Waals surface area contributed by atoms with Crippen molar-refractivity contribution in [1.29, 1.82) is 0 Å². The van der Waals surface area contributed by atoms with E-state index in [1.807, 2.05) is 13.8 Å². The fourth-order valence-electron chi connectivity index (χ4n) is 0.784. The van der Waals surface area contributed by atoms with Crippen LogP contribution in [-0.2, 0) is 14.8 Å². The third-order valence-corrected chi connectivity index (χ3v) is 2.71. The maximum Gasteiger partial charge on any atom is 0.297 e. The van der Waals surface area contributed by atoms with Crippen molar-refractivity contribution in [1.82, 2.24) is 0 Å². The molecule has 0 saturated heterocycles. The Morgan fingerprint density at radius 2 is 2.23 bits per heavy atom. The van der Waals surface area contributed by atoms with Crippen LogP contribution in [0.1, 0.15) is 13.8 Å². The van der Waals surface area contributed by atoms with Gasteiger partial charge in [-0.25, -0.2) is 0 Å². The Kier molecular flexibility index (Phi) is 2.72. The zero-order valence-corrected chi connectivity index (χ0v) is 8.34. The van der Waals surface area contributed by atoms with Gasteiger partial charge in [0, 0.05) is 11.8 Å². The molecule has 13 heavy (non-hydrogen) atoms. The van der Waals surface area contributed by atoms with Gasteiger partial charge in [0.05, 0.1) is 12.7 Å². The van der Waals surface area contributed by atoms with E-state index in [-0.39, 0.29) is 17.7 Å². The summed E-state index contributed by atoms with van der Waals surface area (Å²) in [7, 11) is -3.58. The molecule has 1 rings (SSSR count). The highest BCUT2D eigenvalue weighted by molar-refractivity contribution is 7.94. The van der Waals surface area contributed by atoms with Crippen molar-refractivity contribution in [3.8, 4) is 0 Å². The molecule has 0 aromatic rings. The van der Waals surface area contributed by atoms with E-state index in [1.54, 1.807) is 0 Å². The topological polar surface area (TPSA) is 81.8 Å². The molecule has 1 aliphatic heterocycles. The highest BCUT2D eigenvalue weighted by Gasteiger charge is 2.22. The van der Waals surface area contributed by atoms with Gasteiger partial charge in [0.15, 0.2) is 5.03 Å². The molecule has 1 heterocycles. The van der Waals surface area contributed by atoms with E-state index in [0.29, 0.717) is 5.57 Å². The summed E-state index contributed by atoms with van der Waals surface area (Å²) in [5.41, 5.74) is 5.75. The Labute approximate surface area is 77.3 Å². The summed E-state index contributed by atoms with van der Waals surface area (Å²) in [5, 5.41) is -0.201. The number of ether oxygens (including phenoxy) is 1. The average molecular weight is 204 g/mol. The average Bonchev–Trinajstić information content (AvgIpc) is 2.25. The lowest BCUT2D eigenvalue weighted by Gasteiger charge is -2.06. The first-order chi connectivity index (χ1) is 5.93. The van der Waals surface area contributed by atoms with E-state index in [9.17, 15) is 8.42 Å².